The fraction of sp³-hybridized carbons (Fsp3) is 0.949. The van der Waals surface area contributed by atoms with Crippen LogP contribution in [0.25, 0.3) is 0 Å². The van der Waals surface area contributed by atoms with Gasteiger partial charge < -0.3 is 33.8 Å². The number of rotatable bonds is 78. The molecule has 0 aromatic rings. The number of unbranched alkanes of at least 4 members (excludes halogenated alkanes) is 49. The molecule has 0 aromatic carbocycles. The van der Waals surface area contributed by atoms with Crippen molar-refractivity contribution < 1.29 is 80.2 Å². The van der Waals surface area contributed by atoms with Crippen LogP contribution in [-0.2, 0) is 65.4 Å². The van der Waals surface area contributed by atoms with Crippen LogP contribution >= 0.6 is 15.6 Å². The maximum absolute atomic E-state index is 13.1. The van der Waals surface area contributed by atoms with Crippen molar-refractivity contribution in [2.45, 2.75) is 432 Å². The van der Waals surface area contributed by atoms with Crippen molar-refractivity contribution in [3.63, 3.8) is 0 Å². The van der Waals surface area contributed by atoms with Crippen molar-refractivity contribution in [1.82, 2.24) is 0 Å². The average Bonchev–Trinajstić information content (AvgIpc) is 1.78. The van der Waals surface area contributed by atoms with E-state index in [1.54, 1.807) is 0 Å². The van der Waals surface area contributed by atoms with Crippen LogP contribution in [-0.4, -0.2) is 96.7 Å². The quantitative estimate of drug-likeness (QED) is 0.0222. The van der Waals surface area contributed by atoms with Crippen LogP contribution in [0.1, 0.15) is 413 Å². The Labute approximate surface area is 594 Å². The molecule has 0 spiro atoms. The minimum atomic E-state index is -4.96. The first-order valence-electron chi connectivity index (χ1n) is 40.7. The summed E-state index contributed by atoms with van der Waals surface area (Å²) in [7, 11) is -9.90. The number of hydrogen-bond acceptors (Lipinski definition) is 15. The first-order chi connectivity index (χ1) is 47.1. The van der Waals surface area contributed by atoms with E-state index < -0.39 is 97.5 Å². The lowest BCUT2D eigenvalue weighted by Crippen LogP contribution is -2.30. The van der Waals surface area contributed by atoms with Crippen LogP contribution in [0.3, 0.4) is 0 Å². The summed E-state index contributed by atoms with van der Waals surface area (Å²) >= 11 is 0. The monoisotopic (exact) mass is 1420 g/mol. The van der Waals surface area contributed by atoms with Crippen LogP contribution in [0.15, 0.2) is 0 Å². The van der Waals surface area contributed by atoms with E-state index >= 15 is 0 Å². The minimum absolute atomic E-state index is 0.107. The lowest BCUT2D eigenvalue weighted by molar-refractivity contribution is -0.161. The van der Waals surface area contributed by atoms with Crippen LogP contribution < -0.4 is 0 Å². The highest BCUT2D eigenvalue weighted by atomic mass is 31.2. The zero-order chi connectivity index (χ0) is 71.2. The van der Waals surface area contributed by atoms with Crippen LogP contribution in [0.5, 0.6) is 0 Å². The Balaban J connectivity index is 5.11. The molecule has 6 atom stereocenters. The number of carbonyl (C=O) groups excluding carboxylic acids is 4. The first-order valence-corrected chi connectivity index (χ1v) is 43.7. The Morgan fingerprint density at radius 2 is 0.495 bits per heavy atom. The van der Waals surface area contributed by atoms with Crippen LogP contribution in [0.2, 0.25) is 0 Å². The first kappa shape index (κ1) is 95.1. The maximum Gasteiger partial charge on any atom is 0.472 e. The molecular formula is C78H152O17P2. The second-order valence-corrected chi connectivity index (χ2v) is 31.3. The van der Waals surface area contributed by atoms with E-state index in [1.807, 2.05) is 0 Å². The molecule has 0 aliphatic carbocycles. The summed E-state index contributed by atoms with van der Waals surface area (Å²) in [4.78, 5) is 72.6. The zero-order valence-electron chi connectivity index (χ0n) is 63.2. The number of carbonyl (C=O) groups is 4. The molecule has 0 amide bonds. The summed E-state index contributed by atoms with van der Waals surface area (Å²) in [5, 5.41) is 10.6. The summed E-state index contributed by atoms with van der Waals surface area (Å²) in [6.45, 7) is 7.27. The second-order valence-electron chi connectivity index (χ2n) is 28.3. The van der Waals surface area contributed by atoms with Gasteiger partial charge in [0.1, 0.15) is 19.3 Å². The molecule has 0 saturated heterocycles. The fourth-order valence-electron chi connectivity index (χ4n) is 12.0. The van der Waals surface area contributed by atoms with E-state index in [2.05, 4.69) is 34.6 Å². The summed E-state index contributed by atoms with van der Waals surface area (Å²) in [5.74, 6) is -1.27. The maximum atomic E-state index is 13.1. The van der Waals surface area contributed by atoms with Gasteiger partial charge in [-0.1, -0.05) is 362 Å². The van der Waals surface area contributed by atoms with E-state index in [1.165, 1.54) is 231 Å². The van der Waals surface area contributed by atoms with Gasteiger partial charge in [0.05, 0.1) is 26.4 Å². The van der Waals surface area contributed by atoms with E-state index in [0.29, 0.717) is 25.7 Å². The summed E-state index contributed by atoms with van der Waals surface area (Å²) in [6, 6.07) is 0. The van der Waals surface area contributed by atoms with Crippen LogP contribution in [0, 0.1) is 5.92 Å². The highest BCUT2D eigenvalue weighted by Gasteiger charge is 2.30. The van der Waals surface area contributed by atoms with Crippen molar-refractivity contribution in [3.05, 3.63) is 0 Å². The predicted molar refractivity (Wildman–Crippen MR) is 395 cm³/mol. The number of hydrogen-bond donors (Lipinski definition) is 3. The van der Waals surface area contributed by atoms with Gasteiger partial charge in [0, 0.05) is 25.7 Å². The second kappa shape index (κ2) is 71.1. The Morgan fingerprint density at radius 3 is 0.732 bits per heavy atom. The van der Waals surface area contributed by atoms with Crippen molar-refractivity contribution in [2.24, 2.45) is 5.92 Å². The topological polar surface area (TPSA) is 237 Å². The number of ether oxygens (including phenoxy) is 4. The van der Waals surface area contributed by atoms with Gasteiger partial charge in [-0.2, -0.15) is 0 Å². The molecule has 17 nitrogen and oxygen atoms in total. The smallest absolute Gasteiger partial charge is 0.462 e. The molecule has 0 saturated carbocycles. The molecule has 0 aliphatic rings. The Morgan fingerprint density at radius 1 is 0.289 bits per heavy atom. The van der Waals surface area contributed by atoms with E-state index in [9.17, 15) is 43.2 Å². The fourth-order valence-corrected chi connectivity index (χ4v) is 13.6. The van der Waals surface area contributed by atoms with Crippen molar-refractivity contribution in [1.29, 1.82) is 0 Å². The van der Waals surface area contributed by atoms with Crippen molar-refractivity contribution in [3.8, 4) is 0 Å². The van der Waals surface area contributed by atoms with Gasteiger partial charge in [-0.25, -0.2) is 9.13 Å². The molecule has 19 heteroatoms. The number of aliphatic hydroxyl groups is 1. The third-order valence-corrected chi connectivity index (χ3v) is 20.5. The Kier molecular flexibility index (Phi) is 69.6. The summed E-state index contributed by atoms with van der Waals surface area (Å²) in [5.41, 5.74) is 0. The van der Waals surface area contributed by atoms with Gasteiger partial charge in [0.2, 0.25) is 0 Å². The number of phosphoric acid groups is 2. The average molecular weight is 1420 g/mol. The zero-order valence-corrected chi connectivity index (χ0v) is 65.0. The number of esters is 4. The lowest BCUT2D eigenvalue weighted by atomic mass is 9.99. The largest absolute Gasteiger partial charge is 0.472 e. The minimum Gasteiger partial charge on any atom is -0.462 e. The number of aliphatic hydroxyl groups excluding tert-OH is 1. The molecule has 0 bridgehead atoms. The lowest BCUT2D eigenvalue weighted by Gasteiger charge is -2.21. The summed E-state index contributed by atoms with van der Waals surface area (Å²) in [6.07, 6.45) is 61.5. The molecule has 3 unspecified atom stereocenters. The Hall–Kier alpha value is -1.94. The van der Waals surface area contributed by atoms with Crippen molar-refractivity contribution in [2.75, 3.05) is 39.6 Å². The number of phosphoric ester groups is 2. The molecule has 576 valence electrons. The highest BCUT2D eigenvalue weighted by molar-refractivity contribution is 7.47. The van der Waals surface area contributed by atoms with Gasteiger partial charge >= 0.3 is 39.5 Å². The molecule has 0 heterocycles. The standard InChI is InChI=1S/C78H152O17P2/c1-6-10-13-16-18-20-22-24-25-26-27-28-29-30-31-32-37-41-45-49-54-59-64-78(83)95-74(68-89-76(81)62-57-52-47-43-40-36-34-33-35-38-42-46-51-55-60-71(5)9-4)70-93-97(86,87)91-66-72(79)65-90-96(84,85)92-69-73(67-88-75(80)61-56-50-15-12-8-3)94-77(82)63-58-53-48-44-39-23-21-19-17-14-11-7-2/h71-74,79H,6-70H2,1-5H3,(H,84,85)(H,86,87)/t71?,72-,73+,74+/m0/s1. The van der Waals surface area contributed by atoms with E-state index in [-0.39, 0.29) is 25.7 Å². The van der Waals surface area contributed by atoms with Gasteiger partial charge in [-0.05, 0) is 31.6 Å². The van der Waals surface area contributed by atoms with E-state index in [4.69, 9.17) is 37.0 Å². The molecule has 0 rings (SSSR count). The van der Waals surface area contributed by atoms with Gasteiger partial charge in [-0.15, -0.1) is 0 Å². The third kappa shape index (κ3) is 70.9. The predicted octanol–water partition coefficient (Wildman–Crippen LogP) is 23.3. The molecule has 97 heavy (non-hydrogen) atoms. The molecule has 0 fully saturated rings. The molecule has 0 radical (unpaired) electrons. The molecule has 0 aromatic heterocycles. The third-order valence-electron chi connectivity index (χ3n) is 18.6. The summed E-state index contributed by atoms with van der Waals surface area (Å²) < 4.78 is 68.3. The van der Waals surface area contributed by atoms with Crippen LogP contribution in [0.4, 0.5) is 0 Å². The highest BCUT2D eigenvalue weighted by Crippen LogP contribution is 2.45. The van der Waals surface area contributed by atoms with Gasteiger partial charge in [0.25, 0.3) is 0 Å². The SMILES string of the molecule is CCCCCCCCCCCCCCCCCCCCCCCCC(=O)O[C@H](COC(=O)CCCCCCCCCCCCCCCCC(C)CC)COP(=O)(O)OC[C@@H](O)COP(=O)(O)OC[C@@H](COC(=O)CCCCCCC)OC(=O)CCCCCCCCCCCCCC. The van der Waals surface area contributed by atoms with E-state index in [0.717, 1.165) is 102 Å². The molecular weight excluding hydrogens is 1270 g/mol. The Bertz CT molecular complexity index is 1860. The van der Waals surface area contributed by atoms with Crippen molar-refractivity contribution >= 4 is 39.5 Å². The normalized spacial score (nSPS) is 14.2. The van der Waals surface area contributed by atoms with Gasteiger partial charge in [0.15, 0.2) is 12.2 Å². The van der Waals surface area contributed by atoms with Gasteiger partial charge in [-0.3, -0.25) is 37.3 Å². The molecule has 0 aliphatic heterocycles. The molecule has 3 N–H and O–H groups in total.